The van der Waals surface area contributed by atoms with Crippen molar-refractivity contribution in [3.8, 4) is 12.3 Å². The number of hydrogen-bond donors (Lipinski definition) is 1. The number of unbranched alkanes of at least 4 members (excludes halogenated alkanes) is 1. The third-order valence-corrected chi connectivity index (χ3v) is 3.46. The molecule has 1 nitrogen and oxygen atoms in total. The highest BCUT2D eigenvalue weighted by molar-refractivity contribution is 5.31. The van der Waals surface area contributed by atoms with E-state index in [4.69, 9.17) is 6.42 Å². The van der Waals surface area contributed by atoms with Gasteiger partial charge in [-0.2, -0.15) is 0 Å². The Morgan fingerprint density at radius 2 is 2.06 bits per heavy atom. The van der Waals surface area contributed by atoms with Crippen LogP contribution in [0.1, 0.15) is 36.8 Å². The molecule has 0 aliphatic heterocycles. The lowest BCUT2D eigenvalue weighted by molar-refractivity contribution is 0.0164. The van der Waals surface area contributed by atoms with E-state index in [1.807, 2.05) is 6.07 Å². The Balaban J connectivity index is 2.03. The van der Waals surface area contributed by atoms with Gasteiger partial charge in [0.2, 0.25) is 0 Å². The van der Waals surface area contributed by atoms with Gasteiger partial charge in [-0.05, 0) is 36.8 Å². The van der Waals surface area contributed by atoms with Crippen molar-refractivity contribution in [1.29, 1.82) is 0 Å². The van der Waals surface area contributed by atoms with Crippen LogP contribution in [0.2, 0.25) is 0 Å². The van der Waals surface area contributed by atoms with Gasteiger partial charge in [0.15, 0.2) is 0 Å². The summed E-state index contributed by atoms with van der Waals surface area (Å²) in [6.07, 6.45) is 10.4. The Morgan fingerprint density at radius 1 is 1.31 bits per heavy atom. The molecule has 1 aromatic carbocycles. The first-order valence-electron chi connectivity index (χ1n) is 5.96. The summed E-state index contributed by atoms with van der Waals surface area (Å²) in [6, 6.07) is 8.41. The molecule has 0 heterocycles. The SMILES string of the molecule is C#CCCCC1(O)CCc2ccccc2C1. The Hall–Kier alpha value is -1.26. The number of hydrogen-bond acceptors (Lipinski definition) is 1. The Labute approximate surface area is 97.5 Å². The third-order valence-electron chi connectivity index (χ3n) is 3.46. The molecule has 84 valence electrons. The van der Waals surface area contributed by atoms with Gasteiger partial charge >= 0.3 is 0 Å². The molecule has 1 atom stereocenters. The van der Waals surface area contributed by atoms with Crippen LogP contribution in [0.4, 0.5) is 0 Å². The summed E-state index contributed by atoms with van der Waals surface area (Å²) in [5.74, 6) is 2.63. The van der Waals surface area contributed by atoms with Gasteiger partial charge in [0, 0.05) is 12.8 Å². The highest BCUT2D eigenvalue weighted by Crippen LogP contribution is 2.32. The first-order chi connectivity index (χ1) is 7.73. The van der Waals surface area contributed by atoms with Crippen LogP contribution in [0.15, 0.2) is 24.3 Å². The summed E-state index contributed by atoms with van der Waals surface area (Å²) in [4.78, 5) is 0. The predicted octanol–water partition coefficient (Wildman–Crippen LogP) is 2.71. The van der Waals surface area contributed by atoms with E-state index in [2.05, 4.69) is 24.1 Å². The molecule has 1 aliphatic rings. The topological polar surface area (TPSA) is 20.2 Å². The lowest BCUT2D eigenvalue weighted by atomic mass is 9.78. The molecule has 1 aromatic rings. The molecule has 16 heavy (non-hydrogen) atoms. The summed E-state index contributed by atoms with van der Waals surface area (Å²) in [5, 5.41) is 10.5. The van der Waals surface area contributed by atoms with Crippen molar-refractivity contribution in [3.05, 3.63) is 35.4 Å². The van der Waals surface area contributed by atoms with Crippen LogP contribution in [-0.4, -0.2) is 10.7 Å². The van der Waals surface area contributed by atoms with E-state index >= 15 is 0 Å². The van der Waals surface area contributed by atoms with Gasteiger partial charge in [-0.1, -0.05) is 24.3 Å². The van der Waals surface area contributed by atoms with Crippen molar-refractivity contribution in [2.24, 2.45) is 0 Å². The van der Waals surface area contributed by atoms with E-state index < -0.39 is 5.60 Å². The van der Waals surface area contributed by atoms with E-state index in [9.17, 15) is 5.11 Å². The molecule has 0 aromatic heterocycles. The van der Waals surface area contributed by atoms with E-state index in [1.165, 1.54) is 11.1 Å². The van der Waals surface area contributed by atoms with Crippen molar-refractivity contribution in [1.82, 2.24) is 0 Å². The molecule has 0 spiro atoms. The Morgan fingerprint density at radius 3 is 2.81 bits per heavy atom. The number of aliphatic hydroxyl groups is 1. The second kappa shape index (κ2) is 4.72. The van der Waals surface area contributed by atoms with Gasteiger partial charge in [-0.3, -0.25) is 0 Å². The van der Waals surface area contributed by atoms with Crippen molar-refractivity contribution in [2.75, 3.05) is 0 Å². The molecule has 1 aliphatic carbocycles. The fraction of sp³-hybridized carbons (Fsp3) is 0.467. The fourth-order valence-corrected chi connectivity index (χ4v) is 2.52. The molecular formula is C15H18O. The van der Waals surface area contributed by atoms with Crippen LogP contribution in [-0.2, 0) is 12.8 Å². The van der Waals surface area contributed by atoms with Crippen LogP contribution < -0.4 is 0 Å². The Bertz CT molecular complexity index is 402. The van der Waals surface area contributed by atoms with Gasteiger partial charge in [-0.15, -0.1) is 12.3 Å². The zero-order valence-corrected chi connectivity index (χ0v) is 9.58. The standard InChI is InChI=1S/C15H18O/c1-2-3-6-10-15(16)11-9-13-7-4-5-8-14(13)12-15/h1,4-5,7-8,16H,3,6,9-12H2. The summed E-state index contributed by atoms with van der Waals surface area (Å²) >= 11 is 0. The predicted molar refractivity (Wildman–Crippen MR) is 66.1 cm³/mol. The molecule has 0 fully saturated rings. The van der Waals surface area contributed by atoms with Crippen LogP contribution >= 0.6 is 0 Å². The molecule has 0 saturated heterocycles. The second-order valence-electron chi connectivity index (χ2n) is 4.73. The maximum Gasteiger partial charge on any atom is 0.0691 e. The summed E-state index contributed by atoms with van der Waals surface area (Å²) in [5.41, 5.74) is 2.17. The van der Waals surface area contributed by atoms with Gasteiger partial charge in [-0.25, -0.2) is 0 Å². The minimum absolute atomic E-state index is 0.523. The minimum Gasteiger partial charge on any atom is -0.390 e. The summed E-state index contributed by atoms with van der Waals surface area (Å²) < 4.78 is 0. The largest absolute Gasteiger partial charge is 0.390 e. The number of terminal acetylenes is 1. The third kappa shape index (κ3) is 2.46. The highest BCUT2D eigenvalue weighted by atomic mass is 16.3. The van der Waals surface area contributed by atoms with Crippen LogP contribution in [0.3, 0.4) is 0 Å². The molecule has 0 bridgehead atoms. The molecule has 1 N–H and O–H groups in total. The van der Waals surface area contributed by atoms with Crippen LogP contribution in [0.5, 0.6) is 0 Å². The maximum absolute atomic E-state index is 10.5. The number of rotatable bonds is 3. The van der Waals surface area contributed by atoms with Gasteiger partial charge in [0.05, 0.1) is 5.60 Å². The van der Waals surface area contributed by atoms with Crippen LogP contribution in [0.25, 0.3) is 0 Å². The highest BCUT2D eigenvalue weighted by Gasteiger charge is 2.30. The van der Waals surface area contributed by atoms with Crippen molar-refractivity contribution in [3.63, 3.8) is 0 Å². The molecule has 1 unspecified atom stereocenters. The molecule has 0 radical (unpaired) electrons. The summed E-state index contributed by atoms with van der Waals surface area (Å²) in [6.45, 7) is 0. The van der Waals surface area contributed by atoms with E-state index in [0.29, 0.717) is 0 Å². The molecule has 2 rings (SSSR count). The monoisotopic (exact) mass is 214 g/mol. The van der Waals surface area contributed by atoms with Gasteiger partial charge in [0.1, 0.15) is 0 Å². The minimum atomic E-state index is -0.523. The zero-order chi connectivity index (χ0) is 11.4. The normalized spacial score (nSPS) is 23.5. The average molecular weight is 214 g/mol. The van der Waals surface area contributed by atoms with Crippen LogP contribution in [0, 0.1) is 12.3 Å². The van der Waals surface area contributed by atoms with E-state index in [1.54, 1.807) is 0 Å². The van der Waals surface area contributed by atoms with Gasteiger partial charge < -0.3 is 5.11 Å². The van der Waals surface area contributed by atoms with Crippen molar-refractivity contribution < 1.29 is 5.11 Å². The smallest absolute Gasteiger partial charge is 0.0691 e. The van der Waals surface area contributed by atoms with Crippen molar-refractivity contribution >= 4 is 0 Å². The number of aryl methyl sites for hydroxylation is 1. The second-order valence-corrected chi connectivity index (χ2v) is 4.73. The van der Waals surface area contributed by atoms with E-state index in [-0.39, 0.29) is 0 Å². The molecule has 0 amide bonds. The lowest BCUT2D eigenvalue weighted by Gasteiger charge is -2.33. The number of benzene rings is 1. The fourth-order valence-electron chi connectivity index (χ4n) is 2.52. The summed E-state index contributed by atoms with van der Waals surface area (Å²) in [7, 11) is 0. The maximum atomic E-state index is 10.5. The lowest BCUT2D eigenvalue weighted by Crippen LogP contribution is -2.35. The molecular weight excluding hydrogens is 196 g/mol. The first kappa shape index (κ1) is 11.2. The molecule has 0 saturated carbocycles. The van der Waals surface area contributed by atoms with Gasteiger partial charge in [0.25, 0.3) is 0 Å². The Kier molecular flexibility index (Phi) is 3.31. The number of fused-ring (bicyclic) bond motifs is 1. The van der Waals surface area contributed by atoms with E-state index in [0.717, 1.165) is 38.5 Å². The average Bonchev–Trinajstić information content (AvgIpc) is 2.29. The zero-order valence-electron chi connectivity index (χ0n) is 9.58. The molecule has 1 heteroatoms. The van der Waals surface area contributed by atoms with Crippen molar-refractivity contribution in [2.45, 2.75) is 44.1 Å². The quantitative estimate of drug-likeness (QED) is 0.606. The first-order valence-corrected chi connectivity index (χ1v) is 5.96.